The fourth-order valence-electron chi connectivity index (χ4n) is 6.17. The number of hydrogen-bond donors (Lipinski definition) is 3. The number of rotatable bonds is 5. The van der Waals surface area contributed by atoms with Crippen LogP contribution in [-0.4, -0.2) is 53.7 Å². The van der Waals surface area contributed by atoms with Gasteiger partial charge in [0.2, 0.25) is 5.91 Å². The number of benzene rings is 2. The maximum absolute atomic E-state index is 16.7. The minimum Gasteiger partial charge on any atom is -0.461 e. The summed E-state index contributed by atoms with van der Waals surface area (Å²) >= 11 is 0.697. The highest BCUT2D eigenvalue weighted by Crippen LogP contribution is 2.48. The van der Waals surface area contributed by atoms with Crippen LogP contribution in [0.1, 0.15) is 30.4 Å². The Kier molecular flexibility index (Phi) is 6.33. The van der Waals surface area contributed by atoms with Gasteiger partial charge in [-0.05, 0) is 30.5 Å². The molecule has 4 aromatic rings. The number of amides is 1. The Bertz CT molecular complexity index is 1850. The molecule has 0 spiro atoms. The molecule has 0 radical (unpaired) electrons. The van der Waals surface area contributed by atoms with Crippen LogP contribution in [0.15, 0.2) is 18.2 Å². The molecule has 43 heavy (non-hydrogen) atoms. The standard InChI is InChI=1S/C28H22F5N7O2S/c29-18-4-3-14(20-16(7-34)25(35)43-24(18)20)21-17(28(31,32)33)6-15-23(22(21)30)38-27(42-10-13-5-19(41)37-13)39-26(15)40-8-11-1-2-12(9-40)36-11/h3-4,6,11-13,36H,1-2,5,8-10,35H2,(H,37,41)/t11?,12?,13-/m0/s1. The Morgan fingerprint density at radius 3 is 2.56 bits per heavy atom. The summed E-state index contributed by atoms with van der Waals surface area (Å²) in [5.74, 6) is -2.19. The van der Waals surface area contributed by atoms with E-state index in [1.807, 2.05) is 11.0 Å². The molecule has 3 atom stereocenters. The molecule has 3 saturated heterocycles. The third-order valence-corrected chi connectivity index (χ3v) is 9.15. The minimum atomic E-state index is -5.04. The first-order chi connectivity index (χ1) is 20.5. The molecule has 5 heterocycles. The number of carbonyl (C=O) groups excluding carboxylic acids is 1. The Morgan fingerprint density at radius 2 is 1.91 bits per heavy atom. The van der Waals surface area contributed by atoms with Gasteiger partial charge in [-0.2, -0.15) is 28.4 Å². The number of nitrogens with zero attached hydrogens (tertiary/aromatic N) is 4. The van der Waals surface area contributed by atoms with Crippen molar-refractivity contribution in [2.45, 2.75) is 43.6 Å². The van der Waals surface area contributed by atoms with Crippen LogP contribution < -0.4 is 26.0 Å². The fourth-order valence-corrected chi connectivity index (χ4v) is 7.12. The molecule has 15 heteroatoms. The maximum atomic E-state index is 16.7. The predicted molar refractivity (Wildman–Crippen MR) is 149 cm³/mol. The number of β-lactam (4-membered cyclic amide) rings is 1. The lowest BCUT2D eigenvalue weighted by Gasteiger charge is -2.34. The number of anilines is 2. The molecule has 2 bridgehead atoms. The number of aromatic nitrogens is 2. The molecule has 0 saturated carbocycles. The molecular weight excluding hydrogens is 593 g/mol. The van der Waals surface area contributed by atoms with E-state index in [0.29, 0.717) is 24.4 Å². The van der Waals surface area contributed by atoms with Gasteiger partial charge in [0.25, 0.3) is 0 Å². The number of piperazine rings is 1. The Morgan fingerprint density at radius 1 is 1.19 bits per heavy atom. The van der Waals surface area contributed by atoms with Crippen LogP contribution in [0.4, 0.5) is 32.8 Å². The van der Waals surface area contributed by atoms with Crippen molar-refractivity contribution in [3.8, 4) is 23.2 Å². The smallest absolute Gasteiger partial charge is 0.417 e. The number of hydrogen-bond acceptors (Lipinski definition) is 9. The molecule has 222 valence electrons. The summed E-state index contributed by atoms with van der Waals surface area (Å²) in [5.41, 5.74) is 2.68. The van der Waals surface area contributed by atoms with E-state index in [1.165, 1.54) is 0 Å². The lowest BCUT2D eigenvalue weighted by atomic mass is 9.92. The fraction of sp³-hybridized carbons (Fsp3) is 0.357. The first kappa shape index (κ1) is 27.5. The van der Waals surface area contributed by atoms with Crippen molar-refractivity contribution in [2.75, 3.05) is 30.3 Å². The first-order valence-corrected chi connectivity index (χ1v) is 14.3. The lowest BCUT2D eigenvalue weighted by Crippen LogP contribution is -2.52. The number of nitrogen functional groups attached to an aromatic ring is 1. The predicted octanol–water partition coefficient (Wildman–Crippen LogP) is 4.47. The van der Waals surface area contributed by atoms with Gasteiger partial charge in [0, 0.05) is 41.5 Å². The zero-order chi connectivity index (χ0) is 30.2. The average Bonchev–Trinajstić information content (AvgIpc) is 3.47. The number of fused-ring (bicyclic) bond motifs is 4. The molecule has 7 rings (SSSR count). The van der Waals surface area contributed by atoms with Crippen LogP contribution in [0.5, 0.6) is 6.01 Å². The second kappa shape index (κ2) is 9.88. The number of nitriles is 1. The van der Waals surface area contributed by atoms with Crippen molar-refractivity contribution in [1.29, 1.82) is 5.26 Å². The second-order valence-corrected chi connectivity index (χ2v) is 12.0. The normalized spacial score (nSPS) is 21.6. The van der Waals surface area contributed by atoms with Crippen LogP contribution in [-0.2, 0) is 11.0 Å². The highest BCUT2D eigenvalue weighted by molar-refractivity contribution is 7.23. The van der Waals surface area contributed by atoms with Gasteiger partial charge in [-0.25, -0.2) is 8.78 Å². The largest absolute Gasteiger partial charge is 0.461 e. The summed E-state index contributed by atoms with van der Waals surface area (Å²) in [4.78, 5) is 21.8. The summed E-state index contributed by atoms with van der Waals surface area (Å²) in [6, 6.07) is 4.16. The number of carbonyl (C=O) groups is 1. The first-order valence-electron chi connectivity index (χ1n) is 13.5. The molecule has 9 nitrogen and oxygen atoms in total. The summed E-state index contributed by atoms with van der Waals surface area (Å²) in [6.45, 7) is 0.852. The van der Waals surface area contributed by atoms with E-state index in [2.05, 4.69) is 20.6 Å². The van der Waals surface area contributed by atoms with Gasteiger partial charge in [0.05, 0.1) is 28.3 Å². The van der Waals surface area contributed by atoms with Crippen LogP contribution in [0, 0.1) is 23.0 Å². The summed E-state index contributed by atoms with van der Waals surface area (Å²) in [5, 5.41) is 15.3. The zero-order valence-electron chi connectivity index (χ0n) is 22.2. The van der Waals surface area contributed by atoms with E-state index in [-0.39, 0.29) is 80.5 Å². The van der Waals surface area contributed by atoms with E-state index in [1.54, 1.807) is 0 Å². The van der Waals surface area contributed by atoms with Gasteiger partial charge in [-0.1, -0.05) is 6.07 Å². The van der Waals surface area contributed by atoms with Crippen molar-refractivity contribution >= 4 is 49.1 Å². The number of thiophene rings is 1. The van der Waals surface area contributed by atoms with Gasteiger partial charge in [-0.3, -0.25) is 4.79 Å². The summed E-state index contributed by atoms with van der Waals surface area (Å²) in [7, 11) is 0. The van der Waals surface area contributed by atoms with Gasteiger partial charge in [0.1, 0.15) is 34.8 Å². The van der Waals surface area contributed by atoms with Gasteiger partial charge >= 0.3 is 12.2 Å². The van der Waals surface area contributed by atoms with E-state index >= 15 is 4.39 Å². The van der Waals surface area contributed by atoms with Crippen molar-refractivity contribution < 1.29 is 31.5 Å². The molecule has 2 unspecified atom stereocenters. The number of nitrogens with two attached hydrogens (primary N) is 1. The highest BCUT2D eigenvalue weighted by Gasteiger charge is 2.40. The third kappa shape index (κ3) is 4.56. The zero-order valence-corrected chi connectivity index (χ0v) is 23.0. The van der Waals surface area contributed by atoms with Crippen molar-refractivity contribution in [2.24, 2.45) is 0 Å². The van der Waals surface area contributed by atoms with Gasteiger partial charge in [0.15, 0.2) is 5.82 Å². The second-order valence-electron chi connectivity index (χ2n) is 10.9. The molecule has 3 aliphatic rings. The average molecular weight is 616 g/mol. The van der Waals surface area contributed by atoms with Crippen molar-refractivity contribution in [1.82, 2.24) is 20.6 Å². The van der Waals surface area contributed by atoms with E-state index in [9.17, 15) is 27.6 Å². The van der Waals surface area contributed by atoms with E-state index in [0.717, 1.165) is 31.0 Å². The van der Waals surface area contributed by atoms with Crippen LogP contribution >= 0.6 is 11.3 Å². The molecule has 1 amide bonds. The molecule has 4 N–H and O–H groups in total. The van der Waals surface area contributed by atoms with Crippen LogP contribution in [0.25, 0.3) is 32.1 Å². The molecule has 0 aliphatic carbocycles. The number of ether oxygens (including phenoxy) is 1. The Hall–Kier alpha value is -4.29. The molecule has 2 aromatic heterocycles. The third-order valence-electron chi connectivity index (χ3n) is 8.12. The molecule has 3 aliphatic heterocycles. The van der Waals surface area contributed by atoms with Gasteiger partial charge in [-0.15, -0.1) is 11.3 Å². The highest BCUT2D eigenvalue weighted by atomic mass is 32.1. The molecule has 3 fully saturated rings. The Balaban J connectivity index is 1.48. The van der Waals surface area contributed by atoms with E-state index in [4.69, 9.17) is 10.5 Å². The summed E-state index contributed by atoms with van der Waals surface area (Å²) in [6.07, 6.45) is -3.06. The quantitative estimate of drug-likeness (QED) is 0.222. The maximum Gasteiger partial charge on any atom is 0.417 e. The topological polar surface area (TPSA) is 129 Å². The SMILES string of the molecule is N#Cc1c(N)sc2c(F)ccc(-c3c(C(F)(F)F)cc4c(N5CC6CCC(C5)N6)nc(OC[C@@H]5CC(=O)N5)nc4c3F)c12. The summed E-state index contributed by atoms with van der Waals surface area (Å²) < 4.78 is 81.2. The number of alkyl halides is 3. The van der Waals surface area contributed by atoms with Crippen molar-refractivity contribution in [3.05, 3.63) is 41.0 Å². The van der Waals surface area contributed by atoms with Crippen molar-refractivity contribution in [3.63, 3.8) is 0 Å². The monoisotopic (exact) mass is 615 g/mol. The van der Waals surface area contributed by atoms with E-state index < -0.39 is 34.5 Å². The minimum absolute atomic E-state index is 0.0170. The molecular formula is C28H22F5N7O2S. The molecule has 2 aromatic carbocycles. The van der Waals surface area contributed by atoms with Crippen LogP contribution in [0.2, 0.25) is 0 Å². The number of halogens is 5. The van der Waals surface area contributed by atoms with Gasteiger partial charge < -0.3 is 26.0 Å². The lowest BCUT2D eigenvalue weighted by molar-refractivity contribution is -0.137. The van der Waals surface area contributed by atoms with Crippen LogP contribution in [0.3, 0.4) is 0 Å². The Labute approximate surface area is 244 Å². The number of nitrogens with one attached hydrogen (secondary N) is 2.